The molecule has 1 fully saturated rings. The van der Waals surface area contributed by atoms with Gasteiger partial charge in [-0.3, -0.25) is 14.2 Å². The van der Waals surface area contributed by atoms with Crippen molar-refractivity contribution in [2.75, 3.05) is 5.32 Å². The summed E-state index contributed by atoms with van der Waals surface area (Å²) < 4.78 is 14.7. The zero-order chi connectivity index (χ0) is 22.9. The molecule has 0 saturated heterocycles. The second-order valence-corrected chi connectivity index (χ2v) is 9.01. The molecule has 32 heavy (non-hydrogen) atoms. The van der Waals surface area contributed by atoms with Gasteiger partial charge in [-0.25, -0.2) is 9.37 Å². The highest BCUT2D eigenvalue weighted by molar-refractivity contribution is 5.95. The quantitative estimate of drug-likeness (QED) is 0.589. The summed E-state index contributed by atoms with van der Waals surface area (Å²) in [5, 5.41) is 6.21. The van der Waals surface area contributed by atoms with Crippen molar-refractivity contribution < 1.29 is 9.18 Å². The van der Waals surface area contributed by atoms with E-state index in [1.165, 1.54) is 16.7 Å². The molecule has 0 atom stereocenters. The van der Waals surface area contributed by atoms with E-state index in [4.69, 9.17) is 0 Å². The fraction of sp³-hybridized carbons (Fsp3) is 0.320. The SMILES string of the molecule is Cc1ccc(C(=O)NC2CC2)cc1-n1ccnc(NC(C)(C)Cc2ccc(F)cc2)c1=O. The van der Waals surface area contributed by atoms with Crippen molar-refractivity contribution in [2.45, 2.75) is 51.6 Å². The third-order valence-corrected chi connectivity index (χ3v) is 5.50. The van der Waals surface area contributed by atoms with Crippen LogP contribution in [-0.4, -0.2) is 27.0 Å². The number of hydrogen-bond acceptors (Lipinski definition) is 4. The lowest BCUT2D eigenvalue weighted by molar-refractivity contribution is 0.0951. The third kappa shape index (κ3) is 5.04. The molecule has 166 valence electrons. The van der Waals surface area contributed by atoms with Crippen LogP contribution in [0.2, 0.25) is 0 Å². The number of amides is 1. The number of carbonyl (C=O) groups excluding carboxylic acids is 1. The Kier molecular flexibility index (Phi) is 5.82. The van der Waals surface area contributed by atoms with E-state index in [0.29, 0.717) is 17.7 Å². The van der Waals surface area contributed by atoms with Gasteiger partial charge >= 0.3 is 0 Å². The predicted octanol–water partition coefficient (Wildman–Crippen LogP) is 4.01. The zero-order valence-electron chi connectivity index (χ0n) is 18.5. The van der Waals surface area contributed by atoms with Crippen LogP contribution >= 0.6 is 0 Å². The molecule has 2 aromatic carbocycles. The van der Waals surface area contributed by atoms with Gasteiger partial charge in [-0.15, -0.1) is 0 Å². The fourth-order valence-electron chi connectivity index (χ4n) is 3.67. The van der Waals surface area contributed by atoms with Gasteiger partial charge in [0.15, 0.2) is 5.82 Å². The number of benzene rings is 2. The molecule has 6 nitrogen and oxygen atoms in total. The molecule has 0 bridgehead atoms. The van der Waals surface area contributed by atoms with E-state index in [-0.39, 0.29) is 29.1 Å². The highest BCUT2D eigenvalue weighted by atomic mass is 19.1. The predicted molar refractivity (Wildman–Crippen MR) is 123 cm³/mol. The van der Waals surface area contributed by atoms with Gasteiger partial charge in [0.2, 0.25) is 0 Å². The maximum Gasteiger partial charge on any atom is 0.297 e. The van der Waals surface area contributed by atoms with Gasteiger partial charge in [-0.2, -0.15) is 0 Å². The lowest BCUT2D eigenvalue weighted by Crippen LogP contribution is -2.37. The summed E-state index contributed by atoms with van der Waals surface area (Å²) in [6.07, 6.45) is 5.77. The number of aromatic nitrogens is 2. The monoisotopic (exact) mass is 434 g/mol. The molecular weight excluding hydrogens is 407 g/mol. The second kappa shape index (κ2) is 8.57. The molecule has 0 aliphatic heterocycles. The Morgan fingerprint density at radius 1 is 1.19 bits per heavy atom. The second-order valence-electron chi connectivity index (χ2n) is 9.01. The lowest BCUT2D eigenvalue weighted by Gasteiger charge is -2.27. The minimum Gasteiger partial charge on any atom is -0.360 e. The summed E-state index contributed by atoms with van der Waals surface area (Å²) in [6, 6.07) is 11.9. The van der Waals surface area contributed by atoms with Crippen molar-refractivity contribution in [3.63, 3.8) is 0 Å². The smallest absolute Gasteiger partial charge is 0.297 e. The average Bonchev–Trinajstić information content (AvgIpc) is 3.55. The summed E-state index contributed by atoms with van der Waals surface area (Å²) in [6.45, 7) is 5.82. The topological polar surface area (TPSA) is 76.0 Å². The minimum atomic E-state index is -0.496. The van der Waals surface area contributed by atoms with Gasteiger partial charge in [-0.05, 0) is 75.4 Å². The number of halogens is 1. The van der Waals surface area contributed by atoms with Gasteiger partial charge in [0, 0.05) is 29.5 Å². The molecule has 1 aliphatic rings. The first-order valence-corrected chi connectivity index (χ1v) is 10.7. The van der Waals surface area contributed by atoms with E-state index < -0.39 is 5.54 Å². The van der Waals surface area contributed by atoms with Crippen LogP contribution in [0.4, 0.5) is 10.2 Å². The van der Waals surface area contributed by atoms with Crippen molar-refractivity contribution in [2.24, 2.45) is 0 Å². The van der Waals surface area contributed by atoms with Crippen LogP contribution < -0.4 is 16.2 Å². The zero-order valence-corrected chi connectivity index (χ0v) is 18.5. The van der Waals surface area contributed by atoms with Crippen molar-refractivity contribution in [1.82, 2.24) is 14.9 Å². The van der Waals surface area contributed by atoms with Crippen LogP contribution in [0.25, 0.3) is 5.69 Å². The van der Waals surface area contributed by atoms with Crippen LogP contribution in [0, 0.1) is 12.7 Å². The molecule has 1 aliphatic carbocycles. The number of hydrogen-bond donors (Lipinski definition) is 2. The first-order valence-electron chi connectivity index (χ1n) is 10.7. The Morgan fingerprint density at radius 3 is 2.59 bits per heavy atom. The number of nitrogens with one attached hydrogen (secondary N) is 2. The van der Waals surface area contributed by atoms with Crippen molar-refractivity contribution in [3.8, 4) is 5.69 Å². The molecule has 0 radical (unpaired) electrons. The molecule has 7 heteroatoms. The Morgan fingerprint density at radius 2 is 1.91 bits per heavy atom. The standard InChI is InChI=1S/C25H27FN4O2/c1-16-4-7-18(23(31)28-20-10-11-20)14-21(16)30-13-12-27-22(24(30)32)29-25(2,3)15-17-5-8-19(26)9-6-17/h4-9,12-14,20H,10-11,15H2,1-3H3,(H,27,29)(H,28,31). The summed E-state index contributed by atoms with van der Waals surface area (Å²) >= 11 is 0. The highest BCUT2D eigenvalue weighted by Crippen LogP contribution is 2.21. The maximum absolute atomic E-state index is 13.3. The van der Waals surface area contributed by atoms with Crippen LogP contribution in [0.1, 0.15) is 48.2 Å². The van der Waals surface area contributed by atoms with Gasteiger partial charge in [0.1, 0.15) is 5.82 Å². The first kappa shape index (κ1) is 21.7. The normalized spacial score (nSPS) is 13.6. The van der Waals surface area contributed by atoms with E-state index in [0.717, 1.165) is 24.0 Å². The Labute approximate surface area is 186 Å². The lowest BCUT2D eigenvalue weighted by atomic mass is 9.95. The molecular formula is C25H27FN4O2. The van der Waals surface area contributed by atoms with Gasteiger partial charge < -0.3 is 10.6 Å². The third-order valence-electron chi connectivity index (χ3n) is 5.50. The van der Waals surface area contributed by atoms with Crippen molar-refractivity contribution in [3.05, 3.63) is 87.7 Å². The number of anilines is 1. The summed E-state index contributed by atoms with van der Waals surface area (Å²) in [4.78, 5) is 30.0. The summed E-state index contributed by atoms with van der Waals surface area (Å²) in [5.74, 6) is -0.197. The van der Waals surface area contributed by atoms with Crippen molar-refractivity contribution in [1.29, 1.82) is 0 Å². The average molecular weight is 435 g/mol. The summed E-state index contributed by atoms with van der Waals surface area (Å²) in [7, 11) is 0. The molecule has 0 unspecified atom stereocenters. The minimum absolute atomic E-state index is 0.130. The van der Waals surface area contributed by atoms with Crippen molar-refractivity contribution >= 4 is 11.7 Å². The molecule has 1 aromatic heterocycles. The van der Waals surface area contributed by atoms with Gasteiger partial charge in [0.05, 0.1) is 5.69 Å². The maximum atomic E-state index is 13.3. The number of rotatable bonds is 7. The van der Waals surface area contributed by atoms with E-state index in [1.807, 2.05) is 26.8 Å². The van der Waals surface area contributed by atoms with Crippen LogP contribution in [0.3, 0.4) is 0 Å². The molecule has 1 amide bonds. The van der Waals surface area contributed by atoms with E-state index in [9.17, 15) is 14.0 Å². The van der Waals surface area contributed by atoms with E-state index in [2.05, 4.69) is 15.6 Å². The van der Waals surface area contributed by atoms with E-state index >= 15 is 0 Å². The first-order chi connectivity index (χ1) is 15.2. The Balaban J connectivity index is 1.60. The van der Waals surface area contributed by atoms with Crippen LogP contribution in [0.15, 0.2) is 59.7 Å². The molecule has 4 rings (SSSR count). The fourth-order valence-corrected chi connectivity index (χ4v) is 3.67. The highest BCUT2D eigenvalue weighted by Gasteiger charge is 2.24. The molecule has 0 spiro atoms. The number of carbonyl (C=O) groups is 1. The van der Waals surface area contributed by atoms with E-state index in [1.54, 1.807) is 36.7 Å². The Hall–Kier alpha value is -3.48. The number of aryl methyl sites for hydroxylation is 1. The largest absolute Gasteiger partial charge is 0.360 e. The van der Waals surface area contributed by atoms with Crippen LogP contribution in [0.5, 0.6) is 0 Å². The molecule has 3 aromatic rings. The summed E-state index contributed by atoms with van der Waals surface area (Å²) in [5.41, 5.74) is 2.18. The van der Waals surface area contributed by atoms with Gasteiger partial charge in [0.25, 0.3) is 11.5 Å². The van der Waals surface area contributed by atoms with Gasteiger partial charge in [-0.1, -0.05) is 18.2 Å². The number of nitrogens with zero attached hydrogens (tertiary/aromatic N) is 2. The molecule has 1 heterocycles. The molecule has 2 N–H and O–H groups in total. The molecule has 1 saturated carbocycles. The Bertz CT molecular complexity index is 1200. The van der Waals surface area contributed by atoms with Crippen LogP contribution in [-0.2, 0) is 6.42 Å².